The number of benzene rings is 2. The van der Waals surface area contributed by atoms with Crippen LogP contribution < -0.4 is 0 Å². The second kappa shape index (κ2) is 8.26. The first kappa shape index (κ1) is 17.6. The second-order valence-corrected chi connectivity index (χ2v) is 6.79. The zero-order valence-electron chi connectivity index (χ0n) is 14.3. The number of hydrogen-bond donors (Lipinski definition) is 1. The molecule has 4 heteroatoms. The van der Waals surface area contributed by atoms with Crippen LogP contribution in [0.3, 0.4) is 0 Å². The van der Waals surface area contributed by atoms with Crippen molar-refractivity contribution in [2.24, 2.45) is 0 Å². The van der Waals surface area contributed by atoms with Gasteiger partial charge in [-0.25, -0.2) is 9.18 Å². The summed E-state index contributed by atoms with van der Waals surface area (Å²) < 4.78 is 13.4. The topological polar surface area (TPSA) is 40.5 Å². The number of aromatic carboxylic acids is 1. The van der Waals surface area contributed by atoms with Crippen LogP contribution in [0.1, 0.15) is 47.2 Å². The zero-order chi connectivity index (χ0) is 17.6. The average Bonchev–Trinajstić information content (AvgIpc) is 3.13. The summed E-state index contributed by atoms with van der Waals surface area (Å²) in [5.74, 6) is -1.09. The molecule has 1 saturated carbocycles. The van der Waals surface area contributed by atoms with E-state index in [0.29, 0.717) is 11.6 Å². The van der Waals surface area contributed by atoms with Crippen LogP contribution in [0.5, 0.6) is 0 Å². The summed E-state index contributed by atoms with van der Waals surface area (Å²) in [4.78, 5) is 13.6. The van der Waals surface area contributed by atoms with E-state index in [-0.39, 0.29) is 5.82 Å². The molecule has 0 unspecified atom stereocenters. The Morgan fingerprint density at radius 1 is 1.08 bits per heavy atom. The Balaban J connectivity index is 1.71. The fourth-order valence-electron chi connectivity index (χ4n) is 3.66. The van der Waals surface area contributed by atoms with Crippen molar-refractivity contribution in [2.75, 3.05) is 6.54 Å². The lowest BCUT2D eigenvalue weighted by Crippen LogP contribution is -2.34. The number of hydrogen-bond acceptors (Lipinski definition) is 2. The smallest absolute Gasteiger partial charge is 0.335 e. The zero-order valence-corrected chi connectivity index (χ0v) is 14.3. The molecular formula is C21H24FNO2. The highest BCUT2D eigenvalue weighted by Crippen LogP contribution is 2.25. The van der Waals surface area contributed by atoms with Gasteiger partial charge in [0.2, 0.25) is 0 Å². The maximum absolute atomic E-state index is 13.4. The monoisotopic (exact) mass is 341 g/mol. The Bertz CT molecular complexity index is 725. The van der Waals surface area contributed by atoms with Gasteiger partial charge < -0.3 is 5.11 Å². The van der Waals surface area contributed by atoms with E-state index in [9.17, 15) is 14.3 Å². The van der Waals surface area contributed by atoms with Gasteiger partial charge in [0.1, 0.15) is 5.82 Å². The van der Waals surface area contributed by atoms with Crippen molar-refractivity contribution >= 4 is 5.97 Å². The van der Waals surface area contributed by atoms with E-state index in [4.69, 9.17) is 0 Å². The predicted octanol–water partition coefficient (Wildman–Crippen LogP) is 4.51. The summed E-state index contributed by atoms with van der Waals surface area (Å²) >= 11 is 0. The molecule has 3 rings (SSSR count). The van der Waals surface area contributed by atoms with Gasteiger partial charge in [0.25, 0.3) is 0 Å². The van der Waals surface area contributed by atoms with Crippen LogP contribution in [0.15, 0.2) is 48.5 Å². The minimum atomic E-state index is -0.894. The normalized spacial score (nSPS) is 15.0. The first-order chi connectivity index (χ1) is 12.1. The van der Waals surface area contributed by atoms with Crippen molar-refractivity contribution in [3.8, 4) is 0 Å². The fraction of sp³-hybridized carbons (Fsp3) is 0.381. The first-order valence-corrected chi connectivity index (χ1v) is 8.92. The molecule has 2 aromatic rings. The molecule has 0 spiro atoms. The predicted molar refractivity (Wildman–Crippen MR) is 96.2 cm³/mol. The summed E-state index contributed by atoms with van der Waals surface area (Å²) in [6.07, 6.45) is 5.66. The van der Waals surface area contributed by atoms with Gasteiger partial charge in [-0.2, -0.15) is 0 Å². The van der Waals surface area contributed by atoms with Crippen molar-refractivity contribution in [1.82, 2.24) is 4.90 Å². The third-order valence-corrected chi connectivity index (χ3v) is 4.98. The number of carboxylic acid groups (broad SMARTS) is 1. The Morgan fingerprint density at radius 2 is 1.80 bits per heavy atom. The molecule has 1 aliphatic carbocycles. The summed E-state index contributed by atoms with van der Waals surface area (Å²) in [7, 11) is 0. The lowest BCUT2D eigenvalue weighted by Gasteiger charge is -2.29. The van der Waals surface area contributed by atoms with Gasteiger partial charge in [-0.05, 0) is 54.7 Å². The molecule has 0 atom stereocenters. The number of halogens is 1. The van der Waals surface area contributed by atoms with Gasteiger partial charge in [0, 0.05) is 19.1 Å². The number of rotatable bonds is 7. The maximum Gasteiger partial charge on any atom is 0.335 e. The average molecular weight is 341 g/mol. The molecular weight excluding hydrogens is 317 g/mol. The minimum Gasteiger partial charge on any atom is -0.478 e. The van der Waals surface area contributed by atoms with Gasteiger partial charge in [-0.15, -0.1) is 0 Å². The Kier molecular flexibility index (Phi) is 5.82. The Hall–Kier alpha value is -2.20. The molecule has 1 fully saturated rings. The number of carboxylic acids is 1. The van der Waals surface area contributed by atoms with Crippen molar-refractivity contribution in [3.05, 3.63) is 71.0 Å². The summed E-state index contributed by atoms with van der Waals surface area (Å²) in [5, 5.41) is 9.18. The highest BCUT2D eigenvalue weighted by Gasteiger charge is 2.22. The lowest BCUT2D eigenvalue weighted by molar-refractivity contribution is 0.0696. The van der Waals surface area contributed by atoms with E-state index in [0.717, 1.165) is 30.6 Å². The first-order valence-electron chi connectivity index (χ1n) is 8.92. The molecule has 3 nitrogen and oxygen atoms in total. The molecule has 2 aromatic carbocycles. The van der Waals surface area contributed by atoms with Crippen LogP contribution in [-0.4, -0.2) is 28.6 Å². The van der Waals surface area contributed by atoms with E-state index < -0.39 is 5.97 Å². The molecule has 0 heterocycles. The largest absolute Gasteiger partial charge is 0.478 e. The van der Waals surface area contributed by atoms with Gasteiger partial charge >= 0.3 is 5.97 Å². The summed E-state index contributed by atoms with van der Waals surface area (Å²) in [6.45, 7) is 1.59. The quantitative estimate of drug-likeness (QED) is 0.805. The molecule has 1 N–H and O–H groups in total. The Morgan fingerprint density at radius 3 is 2.52 bits per heavy atom. The van der Waals surface area contributed by atoms with E-state index in [2.05, 4.69) is 4.90 Å². The van der Waals surface area contributed by atoms with E-state index in [1.54, 1.807) is 30.3 Å². The van der Waals surface area contributed by atoms with Gasteiger partial charge in [-0.1, -0.05) is 37.1 Å². The summed E-state index contributed by atoms with van der Waals surface area (Å²) in [6, 6.07) is 14.5. The van der Waals surface area contributed by atoms with Gasteiger partial charge in [0.05, 0.1) is 5.56 Å². The van der Waals surface area contributed by atoms with Crippen molar-refractivity contribution in [3.63, 3.8) is 0 Å². The van der Waals surface area contributed by atoms with Crippen molar-refractivity contribution < 1.29 is 14.3 Å². The highest BCUT2D eigenvalue weighted by atomic mass is 19.1. The molecule has 0 aliphatic heterocycles. The van der Waals surface area contributed by atoms with Crippen LogP contribution in [-0.2, 0) is 13.0 Å². The lowest BCUT2D eigenvalue weighted by atomic mass is 10.1. The van der Waals surface area contributed by atoms with Crippen LogP contribution >= 0.6 is 0 Å². The van der Waals surface area contributed by atoms with Crippen LogP contribution in [0.25, 0.3) is 0 Å². The fourth-order valence-corrected chi connectivity index (χ4v) is 3.66. The SMILES string of the molecule is O=C(O)c1cccc(CN(CCc2cccc(F)c2)C2CCCC2)c1. The third-order valence-electron chi connectivity index (χ3n) is 4.98. The molecule has 0 amide bonds. The summed E-state index contributed by atoms with van der Waals surface area (Å²) in [5.41, 5.74) is 2.35. The molecule has 132 valence electrons. The number of nitrogens with zero attached hydrogens (tertiary/aromatic N) is 1. The third kappa shape index (κ3) is 4.89. The van der Waals surface area contributed by atoms with E-state index in [1.807, 2.05) is 12.1 Å². The van der Waals surface area contributed by atoms with Crippen molar-refractivity contribution in [2.45, 2.75) is 44.7 Å². The Labute approximate surface area is 148 Å². The molecule has 0 radical (unpaired) electrons. The van der Waals surface area contributed by atoms with E-state index in [1.165, 1.54) is 31.7 Å². The molecule has 0 saturated heterocycles. The standard InChI is InChI=1S/C21H24FNO2/c22-19-8-4-5-16(14-19)11-12-23(20-9-1-2-10-20)15-17-6-3-7-18(13-17)21(24)25/h3-8,13-14,20H,1-2,9-12,15H2,(H,24,25). The van der Waals surface area contributed by atoms with Gasteiger partial charge in [-0.3, -0.25) is 4.90 Å². The van der Waals surface area contributed by atoms with Crippen LogP contribution in [0.4, 0.5) is 4.39 Å². The number of carbonyl (C=O) groups is 1. The minimum absolute atomic E-state index is 0.195. The molecule has 25 heavy (non-hydrogen) atoms. The van der Waals surface area contributed by atoms with Crippen LogP contribution in [0.2, 0.25) is 0 Å². The second-order valence-electron chi connectivity index (χ2n) is 6.79. The van der Waals surface area contributed by atoms with Crippen LogP contribution in [0, 0.1) is 5.82 Å². The highest BCUT2D eigenvalue weighted by molar-refractivity contribution is 5.87. The molecule has 1 aliphatic rings. The van der Waals surface area contributed by atoms with Gasteiger partial charge in [0.15, 0.2) is 0 Å². The maximum atomic E-state index is 13.4. The van der Waals surface area contributed by atoms with E-state index >= 15 is 0 Å². The van der Waals surface area contributed by atoms with Crippen molar-refractivity contribution in [1.29, 1.82) is 0 Å². The molecule has 0 bridgehead atoms. The molecule has 0 aromatic heterocycles.